The van der Waals surface area contributed by atoms with Crippen LogP contribution in [0.3, 0.4) is 0 Å². The summed E-state index contributed by atoms with van der Waals surface area (Å²) >= 11 is 0. The molecule has 10 N–H and O–H groups in total. The molecule has 0 fully saturated rings. The number of carbonyl (C=O) groups is 2. The van der Waals surface area contributed by atoms with E-state index in [-0.39, 0.29) is 27.7 Å². The van der Waals surface area contributed by atoms with E-state index in [2.05, 4.69) is 9.97 Å². The van der Waals surface area contributed by atoms with Gasteiger partial charge in [-0.2, -0.15) is 0 Å². The van der Waals surface area contributed by atoms with Crippen molar-refractivity contribution in [2.75, 3.05) is 5.73 Å². The molecule has 0 aliphatic heterocycles. The molecular weight excluding hydrogens is 500 g/mol. The van der Waals surface area contributed by atoms with Crippen LogP contribution in [0.2, 0.25) is 0 Å². The number of para-hydroxylation sites is 2. The first-order valence-corrected chi connectivity index (χ1v) is 8.31. The number of nitrogens with two attached hydrogens (primary N) is 1. The van der Waals surface area contributed by atoms with Gasteiger partial charge in [0.15, 0.2) is 5.69 Å². The maximum absolute atomic E-state index is 11.0. The molecule has 36 heavy (non-hydrogen) atoms. The van der Waals surface area contributed by atoms with Gasteiger partial charge in [0.25, 0.3) is 17.1 Å². The van der Waals surface area contributed by atoms with Crippen molar-refractivity contribution in [2.24, 2.45) is 0 Å². The van der Waals surface area contributed by atoms with Crippen LogP contribution in [0.5, 0.6) is 0 Å². The molecule has 0 radical (unpaired) electrons. The molecule has 0 amide bonds. The van der Waals surface area contributed by atoms with Crippen molar-refractivity contribution in [1.29, 1.82) is 0 Å². The minimum atomic E-state index is -1.82. The van der Waals surface area contributed by atoms with Crippen LogP contribution in [0.4, 0.5) is 22.7 Å². The van der Waals surface area contributed by atoms with Gasteiger partial charge in [0.1, 0.15) is 5.52 Å². The van der Waals surface area contributed by atoms with Gasteiger partial charge in [-0.3, -0.25) is 39.9 Å². The number of non-ortho nitro benzene ring substituents is 1. The number of carboxylic acid groups (broad SMARTS) is 2. The van der Waals surface area contributed by atoms with Crippen LogP contribution < -0.4 is 16.9 Å². The summed E-state index contributed by atoms with van der Waals surface area (Å²) in [7, 11) is 0. The zero-order chi connectivity index (χ0) is 26.2. The zero-order valence-electron chi connectivity index (χ0n) is 17.4. The summed E-state index contributed by atoms with van der Waals surface area (Å²) in [5, 5.41) is 46.0. The van der Waals surface area contributed by atoms with E-state index >= 15 is 0 Å². The summed E-state index contributed by atoms with van der Waals surface area (Å²) in [5.74, 6) is -3.65. The fourth-order valence-electron chi connectivity index (χ4n) is 2.14. The molecule has 0 unspecified atom stereocenters. The van der Waals surface area contributed by atoms with Gasteiger partial charge in [0.05, 0.1) is 20.3 Å². The molecule has 20 nitrogen and oxygen atoms in total. The third kappa shape index (κ3) is 8.30. The summed E-state index contributed by atoms with van der Waals surface area (Å²) in [5.41, 5.74) is 2.15. The van der Waals surface area contributed by atoms with E-state index in [1.165, 1.54) is 24.3 Å². The highest BCUT2D eigenvalue weighted by atomic mass is 16.6. The Morgan fingerprint density at radius 1 is 0.722 bits per heavy atom. The number of nitrogens with one attached hydrogen (secondary N) is 2. The van der Waals surface area contributed by atoms with Crippen molar-refractivity contribution in [2.45, 2.75) is 0 Å². The summed E-state index contributed by atoms with van der Waals surface area (Å²) in [6, 6.07) is 7.59. The molecule has 0 saturated carbocycles. The average molecular weight is 516 g/mol. The summed E-state index contributed by atoms with van der Waals surface area (Å²) in [4.78, 5) is 73.6. The standard InChI is InChI=1S/C8H5N3O4.C6H5N3O4.C2H2O4.2H2O/c12-7-8(13)10-6-4(9-7)2-1-3-5(6)11(14)15;7-6-4(8(10)11)2-1-3-5(6)9(12)13;3-1(4)2(5)6;;/h1-3H,(H,9,12)(H,10,13);1-3H,7H2;(H,3,4)(H,5,6);2*1H2. The number of nitro benzene ring substituents is 3. The lowest BCUT2D eigenvalue weighted by Crippen LogP contribution is -2.29. The number of hydrogen-bond donors (Lipinski definition) is 5. The summed E-state index contributed by atoms with van der Waals surface area (Å²) < 4.78 is 0. The van der Waals surface area contributed by atoms with Crippen LogP contribution in [0.25, 0.3) is 11.0 Å². The lowest BCUT2D eigenvalue weighted by Gasteiger charge is -1.97. The Bertz CT molecular complexity index is 1370. The predicted molar refractivity (Wildman–Crippen MR) is 119 cm³/mol. The number of benzene rings is 2. The molecule has 0 bridgehead atoms. The Hall–Kier alpha value is -5.76. The van der Waals surface area contributed by atoms with Crippen LogP contribution in [0, 0.1) is 30.3 Å². The number of aromatic nitrogens is 2. The molecule has 0 aliphatic carbocycles. The van der Waals surface area contributed by atoms with Crippen LogP contribution in [0.15, 0.2) is 46.0 Å². The lowest BCUT2D eigenvalue weighted by molar-refractivity contribution is -0.392. The van der Waals surface area contributed by atoms with Crippen LogP contribution in [-0.4, -0.2) is 57.8 Å². The zero-order valence-corrected chi connectivity index (χ0v) is 17.4. The Balaban J connectivity index is 0. The van der Waals surface area contributed by atoms with Gasteiger partial charge < -0.3 is 36.9 Å². The second-order valence-corrected chi connectivity index (χ2v) is 5.70. The normalized spacial score (nSPS) is 9.00. The molecule has 194 valence electrons. The first-order chi connectivity index (χ1) is 15.8. The molecule has 0 aliphatic rings. The third-order valence-corrected chi connectivity index (χ3v) is 3.57. The van der Waals surface area contributed by atoms with Crippen molar-refractivity contribution in [3.05, 3.63) is 87.4 Å². The van der Waals surface area contributed by atoms with E-state index in [9.17, 15) is 39.9 Å². The number of aromatic amines is 2. The Kier molecular flexibility index (Phi) is 12.3. The van der Waals surface area contributed by atoms with Gasteiger partial charge in [0, 0.05) is 18.2 Å². The van der Waals surface area contributed by atoms with Crippen molar-refractivity contribution < 1.29 is 45.5 Å². The second kappa shape index (κ2) is 13.7. The number of fused-ring (bicyclic) bond motifs is 1. The van der Waals surface area contributed by atoms with E-state index in [0.29, 0.717) is 0 Å². The Morgan fingerprint density at radius 3 is 1.47 bits per heavy atom. The molecular formula is C16H16N6O14. The highest BCUT2D eigenvalue weighted by Crippen LogP contribution is 2.30. The van der Waals surface area contributed by atoms with E-state index in [4.69, 9.17) is 25.5 Å². The first kappa shape index (κ1) is 32.4. The topological polar surface area (TPSA) is 359 Å². The van der Waals surface area contributed by atoms with Crippen LogP contribution in [-0.2, 0) is 9.59 Å². The van der Waals surface area contributed by atoms with Gasteiger partial charge in [-0.1, -0.05) is 6.07 Å². The fraction of sp³-hybridized carbons (Fsp3) is 0. The van der Waals surface area contributed by atoms with Gasteiger partial charge >= 0.3 is 23.1 Å². The van der Waals surface area contributed by atoms with Crippen molar-refractivity contribution in [3.8, 4) is 0 Å². The molecule has 1 aromatic heterocycles. The SMILES string of the molecule is Nc1c([N+](=O)[O-])cccc1[N+](=O)[O-].O.O.O=C(O)C(=O)O.O=c1[nH]c2cccc([N+](=O)[O-])c2[nH]c1=O. The minimum Gasteiger partial charge on any atom is -0.473 e. The predicted octanol–water partition coefficient (Wildman–Crippen LogP) is -1.28. The number of anilines is 1. The quantitative estimate of drug-likeness (QED) is 0.117. The monoisotopic (exact) mass is 516 g/mol. The molecule has 1 heterocycles. The molecule has 0 saturated heterocycles. The van der Waals surface area contributed by atoms with E-state index in [1.54, 1.807) is 0 Å². The highest BCUT2D eigenvalue weighted by Gasteiger charge is 2.21. The maximum atomic E-state index is 11.0. The van der Waals surface area contributed by atoms with Gasteiger partial charge in [-0.05, 0) is 12.1 Å². The smallest absolute Gasteiger partial charge is 0.414 e. The summed E-state index contributed by atoms with van der Waals surface area (Å²) in [6.45, 7) is 0. The fourth-order valence-corrected chi connectivity index (χ4v) is 2.14. The molecule has 3 rings (SSSR count). The van der Waals surface area contributed by atoms with E-state index < -0.39 is 54.9 Å². The number of aliphatic carboxylic acids is 2. The van der Waals surface area contributed by atoms with Crippen molar-refractivity contribution in [1.82, 2.24) is 9.97 Å². The lowest BCUT2D eigenvalue weighted by atomic mass is 10.2. The molecule has 2 aromatic carbocycles. The van der Waals surface area contributed by atoms with Gasteiger partial charge in [0.2, 0.25) is 0 Å². The third-order valence-electron chi connectivity index (χ3n) is 3.57. The molecule has 3 aromatic rings. The van der Waals surface area contributed by atoms with Crippen LogP contribution >= 0.6 is 0 Å². The van der Waals surface area contributed by atoms with Gasteiger partial charge in [-0.25, -0.2) is 9.59 Å². The Labute approximate surface area is 195 Å². The number of hydrogen-bond acceptors (Lipinski definition) is 11. The minimum absolute atomic E-state index is 0. The highest BCUT2D eigenvalue weighted by molar-refractivity contribution is 6.27. The van der Waals surface area contributed by atoms with Gasteiger partial charge in [-0.15, -0.1) is 0 Å². The molecule has 20 heteroatoms. The molecule has 0 spiro atoms. The van der Waals surface area contributed by atoms with Crippen LogP contribution in [0.1, 0.15) is 0 Å². The van der Waals surface area contributed by atoms with Crippen molar-refractivity contribution in [3.63, 3.8) is 0 Å². The number of rotatable bonds is 3. The second-order valence-electron chi connectivity index (χ2n) is 5.70. The summed E-state index contributed by atoms with van der Waals surface area (Å²) in [6.07, 6.45) is 0. The largest absolute Gasteiger partial charge is 0.473 e. The number of nitrogen functional groups attached to an aromatic ring is 1. The average Bonchev–Trinajstić information content (AvgIpc) is 2.74. The number of nitrogens with zero attached hydrogens (tertiary/aromatic N) is 3. The van der Waals surface area contributed by atoms with Crippen molar-refractivity contribution >= 4 is 45.7 Å². The van der Waals surface area contributed by atoms with E-state index in [0.717, 1.165) is 12.1 Å². The Morgan fingerprint density at radius 2 is 1.08 bits per heavy atom. The van der Waals surface area contributed by atoms with E-state index in [1.807, 2.05) is 0 Å². The molecule has 0 atom stereocenters. The number of nitro groups is 3. The maximum Gasteiger partial charge on any atom is 0.414 e. The first-order valence-electron chi connectivity index (χ1n) is 8.31. The number of carboxylic acids is 2. The number of H-pyrrole nitrogens is 2.